The van der Waals surface area contributed by atoms with Gasteiger partial charge < -0.3 is 10.8 Å². The van der Waals surface area contributed by atoms with Crippen molar-refractivity contribution in [3.05, 3.63) is 0 Å². The van der Waals surface area contributed by atoms with Crippen molar-refractivity contribution in [2.24, 2.45) is 5.73 Å². The summed E-state index contributed by atoms with van der Waals surface area (Å²) in [6.45, 7) is 3.78. The third kappa shape index (κ3) is 4.09. The van der Waals surface area contributed by atoms with E-state index < -0.39 is 0 Å². The van der Waals surface area contributed by atoms with Gasteiger partial charge in [-0.05, 0) is 19.8 Å². The van der Waals surface area contributed by atoms with Crippen LogP contribution in [0.1, 0.15) is 26.7 Å². The molecule has 3 N–H and O–H groups in total. The van der Waals surface area contributed by atoms with Crippen molar-refractivity contribution in [2.45, 2.75) is 38.8 Å². The molecule has 0 aromatic carbocycles. The summed E-state index contributed by atoms with van der Waals surface area (Å²) >= 11 is 0. The Hall–Kier alpha value is -0.0800. The fraction of sp³-hybridized carbons (Fsp3) is 1.00. The Balaban J connectivity index is 3.10. The maximum atomic E-state index is 8.77. The van der Waals surface area contributed by atoms with Gasteiger partial charge in [0.15, 0.2) is 0 Å². The van der Waals surface area contributed by atoms with E-state index in [1.165, 1.54) is 0 Å². The summed E-state index contributed by atoms with van der Waals surface area (Å²) in [5.41, 5.74) is 5.51. The van der Waals surface area contributed by atoms with Crippen molar-refractivity contribution < 1.29 is 5.11 Å². The Labute approximate surface area is 50.7 Å². The van der Waals surface area contributed by atoms with E-state index in [0.717, 1.165) is 12.8 Å². The third-order valence-electron chi connectivity index (χ3n) is 1.17. The van der Waals surface area contributed by atoms with Gasteiger partial charge in [0.2, 0.25) is 0 Å². The molecule has 0 heterocycles. The zero-order valence-corrected chi connectivity index (χ0v) is 5.59. The number of rotatable bonds is 3. The summed E-state index contributed by atoms with van der Waals surface area (Å²) < 4.78 is 0. The molecule has 0 amide bonds. The van der Waals surface area contributed by atoms with E-state index in [2.05, 4.69) is 0 Å². The molecule has 0 spiro atoms. The number of nitrogens with two attached hydrogens (primary N) is 1. The van der Waals surface area contributed by atoms with Crippen molar-refractivity contribution >= 4 is 0 Å². The van der Waals surface area contributed by atoms with Crippen LogP contribution in [0.2, 0.25) is 0 Å². The van der Waals surface area contributed by atoms with Crippen LogP contribution in [0.25, 0.3) is 0 Å². The minimum absolute atomic E-state index is 0.176. The quantitative estimate of drug-likeness (QED) is 0.565. The van der Waals surface area contributed by atoms with Crippen LogP contribution in [0.4, 0.5) is 0 Å². The molecule has 2 nitrogen and oxygen atoms in total. The molecule has 2 atom stereocenters. The maximum absolute atomic E-state index is 8.77. The third-order valence-corrected chi connectivity index (χ3v) is 1.17. The van der Waals surface area contributed by atoms with Gasteiger partial charge in [-0.25, -0.2) is 0 Å². The Bertz CT molecular complexity index is 54.5. The van der Waals surface area contributed by atoms with Crippen LogP contribution in [0, 0.1) is 0 Å². The Morgan fingerprint density at radius 2 is 2.12 bits per heavy atom. The van der Waals surface area contributed by atoms with E-state index in [4.69, 9.17) is 10.8 Å². The topological polar surface area (TPSA) is 46.2 Å². The lowest BCUT2D eigenvalue weighted by Gasteiger charge is -2.09. The van der Waals surface area contributed by atoms with Gasteiger partial charge in [0.1, 0.15) is 0 Å². The summed E-state index contributed by atoms with van der Waals surface area (Å²) in [7, 11) is 0. The van der Waals surface area contributed by atoms with Crippen LogP contribution in [-0.4, -0.2) is 17.3 Å². The maximum Gasteiger partial charge on any atom is 0.0526 e. The molecule has 0 aliphatic heterocycles. The molecule has 0 unspecified atom stereocenters. The van der Waals surface area contributed by atoms with Crippen molar-refractivity contribution in [1.82, 2.24) is 0 Å². The molecule has 0 bridgehead atoms. The summed E-state index contributed by atoms with van der Waals surface area (Å²) in [5, 5.41) is 8.77. The van der Waals surface area contributed by atoms with Gasteiger partial charge in [-0.15, -0.1) is 0 Å². The zero-order chi connectivity index (χ0) is 6.57. The first-order valence-electron chi connectivity index (χ1n) is 3.10. The molecular weight excluding hydrogens is 102 g/mol. The molecule has 0 aliphatic rings. The smallest absolute Gasteiger partial charge is 0.0526 e. The molecule has 0 aromatic rings. The second kappa shape index (κ2) is 3.87. The summed E-state index contributed by atoms with van der Waals surface area (Å²) in [4.78, 5) is 0. The van der Waals surface area contributed by atoms with Gasteiger partial charge >= 0.3 is 0 Å². The Kier molecular flexibility index (Phi) is 3.83. The van der Waals surface area contributed by atoms with Crippen molar-refractivity contribution in [3.8, 4) is 0 Å². The number of hydrogen-bond acceptors (Lipinski definition) is 2. The molecule has 50 valence electrons. The SMILES string of the molecule is CC[C@H](N)C[C@H](C)O. The first-order chi connectivity index (χ1) is 3.66. The van der Waals surface area contributed by atoms with E-state index in [1.807, 2.05) is 6.92 Å². The average molecular weight is 117 g/mol. The monoisotopic (exact) mass is 117 g/mol. The predicted octanol–water partition coefficient (Wildman–Crippen LogP) is 0.495. The lowest BCUT2D eigenvalue weighted by molar-refractivity contribution is 0.174. The largest absolute Gasteiger partial charge is 0.393 e. The molecule has 0 saturated heterocycles. The molecule has 0 aliphatic carbocycles. The highest BCUT2D eigenvalue weighted by atomic mass is 16.3. The fourth-order valence-corrected chi connectivity index (χ4v) is 0.605. The predicted molar refractivity (Wildman–Crippen MR) is 34.6 cm³/mol. The minimum atomic E-state index is -0.245. The molecule has 0 fully saturated rings. The van der Waals surface area contributed by atoms with Crippen LogP contribution < -0.4 is 5.73 Å². The Morgan fingerprint density at radius 1 is 1.62 bits per heavy atom. The van der Waals surface area contributed by atoms with E-state index in [9.17, 15) is 0 Å². The lowest BCUT2D eigenvalue weighted by atomic mass is 10.1. The van der Waals surface area contributed by atoms with Crippen molar-refractivity contribution in [2.75, 3.05) is 0 Å². The average Bonchev–Trinajstić information content (AvgIpc) is 1.65. The summed E-state index contributed by atoms with van der Waals surface area (Å²) in [5.74, 6) is 0. The van der Waals surface area contributed by atoms with Crippen LogP contribution in [0.5, 0.6) is 0 Å². The standard InChI is InChI=1S/C6H15NO/c1-3-6(7)4-5(2)8/h5-6,8H,3-4,7H2,1-2H3/t5-,6-/m0/s1. The van der Waals surface area contributed by atoms with Crippen molar-refractivity contribution in [3.63, 3.8) is 0 Å². The summed E-state index contributed by atoms with van der Waals surface area (Å²) in [6.07, 6.45) is 1.42. The second-order valence-corrected chi connectivity index (χ2v) is 2.25. The lowest BCUT2D eigenvalue weighted by Crippen LogP contribution is -2.23. The molecule has 0 radical (unpaired) electrons. The van der Waals surface area contributed by atoms with Crippen LogP contribution >= 0.6 is 0 Å². The molecule has 0 rings (SSSR count). The second-order valence-electron chi connectivity index (χ2n) is 2.25. The highest BCUT2D eigenvalue weighted by molar-refractivity contribution is 4.60. The summed E-state index contributed by atoms with van der Waals surface area (Å²) in [6, 6.07) is 0.176. The van der Waals surface area contributed by atoms with Crippen LogP contribution in [0.3, 0.4) is 0 Å². The van der Waals surface area contributed by atoms with E-state index >= 15 is 0 Å². The first-order valence-corrected chi connectivity index (χ1v) is 3.10. The van der Waals surface area contributed by atoms with Gasteiger partial charge in [0, 0.05) is 6.04 Å². The van der Waals surface area contributed by atoms with Gasteiger partial charge in [0.25, 0.3) is 0 Å². The van der Waals surface area contributed by atoms with Crippen molar-refractivity contribution in [1.29, 1.82) is 0 Å². The number of aliphatic hydroxyl groups excluding tert-OH is 1. The van der Waals surface area contributed by atoms with E-state index in [0.29, 0.717) is 0 Å². The number of aliphatic hydroxyl groups is 1. The first kappa shape index (κ1) is 7.92. The Morgan fingerprint density at radius 3 is 2.25 bits per heavy atom. The fourth-order valence-electron chi connectivity index (χ4n) is 0.605. The van der Waals surface area contributed by atoms with Gasteiger partial charge in [-0.1, -0.05) is 6.92 Å². The molecular formula is C6H15NO. The minimum Gasteiger partial charge on any atom is -0.393 e. The number of hydrogen-bond donors (Lipinski definition) is 2. The zero-order valence-electron chi connectivity index (χ0n) is 5.59. The highest BCUT2D eigenvalue weighted by Crippen LogP contribution is 1.96. The normalized spacial score (nSPS) is 18.0. The van der Waals surface area contributed by atoms with Crippen LogP contribution in [-0.2, 0) is 0 Å². The van der Waals surface area contributed by atoms with Gasteiger partial charge in [-0.2, -0.15) is 0 Å². The molecule has 8 heavy (non-hydrogen) atoms. The van der Waals surface area contributed by atoms with Crippen LogP contribution in [0.15, 0.2) is 0 Å². The molecule has 0 saturated carbocycles. The van der Waals surface area contributed by atoms with E-state index in [-0.39, 0.29) is 12.1 Å². The van der Waals surface area contributed by atoms with Gasteiger partial charge in [-0.3, -0.25) is 0 Å². The van der Waals surface area contributed by atoms with E-state index in [1.54, 1.807) is 6.92 Å². The highest BCUT2D eigenvalue weighted by Gasteiger charge is 2.01. The van der Waals surface area contributed by atoms with Gasteiger partial charge in [0.05, 0.1) is 6.10 Å². The molecule has 0 aromatic heterocycles. The molecule has 2 heteroatoms.